The minimum Gasteiger partial charge on any atom is -0.494 e. The number of aromatic nitrogens is 2. The van der Waals surface area contributed by atoms with Crippen molar-refractivity contribution in [2.75, 3.05) is 13.2 Å². The van der Waals surface area contributed by atoms with E-state index >= 15 is 0 Å². The molecule has 26 heavy (non-hydrogen) atoms. The number of amides is 1. The molecule has 0 bridgehead atoms. The van der Waals surface area contributed by atoms with Crippen LogP contribution in [-0.2, 0) is 11.2 Å². The van der Waals surface area contributed by atoms with Gasteiger partial charge in [-0.1, -0.05) is 12.1 Å². The zero-order chi connectivity index (χ0) is 19.1. The van der Waals surface area contributed by atoms with Gasteiger partial charge in [0.25, 0.3) is 5.91 Å². The molecule has 0 saturated heterocycles. The summed E-state index contributed by atoms with van der Waals surface area (Å²) in [5.41, 5.74) is 1.78. The first-order valence-electron chi connectivity index (χ1n) is 8.43. The van der Waals surface area contributed by atoms with Gasteiger partial charge in [-0.2, -0.15) is 0 Å². The third-order valence-electron chi connectivity index (χ3n) is 3.92. The van der Waals surface area contributed by atoms with E-state index < -0.39 is 11.9 Å². The molecule has 0 aliphatic rings. The highest BCUT2D eigenvalue weighted by Crippen LogP contribution is 2.15. The maximum Gasteiger partial charge on any atom is 0.308 e. The van der Waals surface area contributed by atoms with Gasteiger partial charge in [0.05, 0.1) is 23.8 Å². The highest BCUT2D eigenvalue weighted by Gasteiger charge is 2.20. The lowest BCUT2D eigenvalue weighted by molar-refractivity contribution is -0.141. The van der Waals surface area contributed by atoms with E-state index in [1.165, 1.54) is 6.20 Å². The van der Waals surface area contributed by atoms with Crippen molar-refractivity contribution in [3.05, 3.63) is 53.1 Å². The predicted molar refractivity (Wildman–Crippen MR) is 96.3 cm³/mol. The summed E-state index contributed by atoms with van der Waals surface area (Å²) in [7, 11) is 0. The van der Waals surface area contributed by atoms with Gasteiger partial charge in [0, 0.05) is 12.7 Å². The van der Waals surface area contributed by atoms with Crippen LogP contribution < -0.4 is 10.1 Å². The molecule has 1 aromatic carbocycles. The topological polar surface area (TPSA) is 101 Å². The van der Waals surface area contributed by atoms with Crippen LogP contribution in [-0.4, -0.2) is 40.1 Å². The molecule has 1 unspecified atom stereocenters. The Labute approximate surface area is 152 Å². The molecule has 1 amide bonds. The normalized spacial score (nSPS) is 11.7. The van der Waals surface area contributed by atoms with Gasteiger partial charge in [0.15, 0.2) is 0 Å². The number of benzene rings is 1. The quantitative estimate of drug-likeness (QED) is 0.751. The van der Waals surface area contributed by atoms with E-state index in [2.05, 4.69) is 15.3 Å². The number of carbonyl (C=O) groups excluding carboxylic acids is 1. The summed E-state index contributed by atoms with van der Waals surface area (Å²) in [5, 5.41) is 12.1. The van der Waals surface area contributed by atoms with Gasteiger partial charge in [0.2, 0.25) is 0 Å². The van der Waals surface area contributed by atoms with Crippen LogP contribution in [0, 0.1) is 19.8 Å². The number of nitrogens with one attached hydrogen (secondary N) is 1. The van der Waals surface area contributed by atoms with Crippen LogP contribution in [0.3, 0.4) is 0 Å². The van der Waals surface area contributed by atoms with Gasteiger partial charge in [0.1, 0.15) is 11.6 Å². The number of hydrogen-bond donors (Lipinski definition) is 2. The standard InChI is InChI=1S/C19H23N3O4/c1-4-26-16-7-5-14(6-8-16)9-15(19(24)25)10-21-18(23)17-11-20-13(3)22-12(17)2/h5-8,11,15H,4,9-10H2,1-3H3,(H,21,23)(H,24,25). The summed E-state index contributed by atoms with van der Waals surface area (Å²) < 4.78 is 5.38. The molecule has 0 aliphatic heterocycles. The maximum absolute atomic E-state index is 12.3. The first kappa shape index (κ1) is 19.4. The molecule has 0 fully saturated rings. The lowest BCUT2D eigenvalue weighted by Crippen LogP contribution is -2.34. The van der Waals surface area contributed by atoms with Crippen LogP contribution in [0.25, 0.3) is 0 Å². The maximum atomic E-state index is 12.3. The van der Waals surface area contributed by atoms with Crippen molar-refractivity contribution < 1.29 is 19.4 Å². The smallest absolute Gasteiger partial charge is 0.308 e. The van der Waals surface area contributed by atoms with Gasteiger partial charge in [-0.15, -0.1) is 0 Å². The monoisotopic (exact) mass is 357 g/mol. The first-order valence-corrected chi connectivity index (χ1v) is 8.43. The number of hydrogen-bond acceptors (Lipinski definition) is 5. The lowest BCUT2D eigenvalue weighted by Gasteiger charge is -2.14. The van der Waals surface area contributed by atoms with Gasteiger partial charge >= 0.3 is 5.97 Å². The average molecular weight is 357 g/mol. The molecule has 0 aliphatic carbocycles. The van der Waals surface area contributed by atoms with Crippen molar-refractivity contribution in [2.24, 2.45) is 5.92 Å². The Hall–Kier alpha value is -2.96. The molecule has 0 spiro atoms. The molecule has 2 aromatic rings. The number of aliphatic carboxylic acids is 1. The fourth-order valence-corrected chi connectivity index (χ4v) is 2.54. The predicted octanol–water partition coefficient (Wildman–Crippen LogP) is 2.17. The molecule has 7 nitrogen and oxygen atoms in total. The summed E-state index contributed by atoms with van der Waals surface area (Å²) in [6, 6.07) is 7.29. The highest BCUT2D eigenvalue weighted by atomic mass is 16.5. The Balaban J connectivity index is 1.99. The summed E-state index contributed by atoms with van der Waals surface area (Å²) in [6.07, 6.45) is 1.76. The van der Waals surface area contributed by atoms with E-state index in [4.69, 9.17) is 4.74 Å². The van der Waals surface area contributed by atoms with Gasteiger partial charge in [-0.05, 0) is 44.9 Å². The molecule has 1 aromatic heterocycles. The van der Waals surface area contributed by atoms with Crippen molar-refractivity contribution in [1.29, 1.82) is 0 Å². The van der Waals surface area contributed by atoms with Gasteiger partial charge in [-0.25, -0.2) is 9.97 Å². The molecule has 1 atom stereocenters. The Morgan fingerprint density at radius 2 is 1.92 bits per heavy atom. The van der Waals surface area contributed by atoms with Crippen molar-refractivity contribution in [1.82, 2.24) is 15.3 Å². The molecule has 2 N–H and O–H groups in total. The number of carboxylic acids is 1. The number of aryl methyl sites for hydroxylation is 2. The second kappa shape index (κ2) is 8.94. The van der Waals surface area contributed by atoms with Crippen LogP contribution in [0.4, 0.5) is 0 Å². The van der Waals surface area contributed by atoms with E-state index in [1.54, 1.807) is 13.8 Å². The van der Waals surface area contributed by atoms with Crippen LogP contribution in [0.2, 0.25) is 0 Å². The van der Waals surface area contributed by atoms with E-state index in [0.29, 0.717) is 30.1 Å². The largest absolute Gasteiger partial charge is 0.494 e. The third kappa shape index (κ3) is 5.27. The minimum absolute atomic E-state index is 0.0225. The molecule has 138 valence electrons. The summed E-state index contributed by atoms with van der Waals surface area (Å²) in [6.45, 7) is 5.96. The van der Waals surface area contributed by atoms with E-state index in [-0.39, 0.29) is 12.5 Å². The van der Waals surface area contributed by atoms with E-state index in [1.807, 2.05) is 31.2 Å². The molecular weight excluding hydrogens is 334 g/mol. The van der Waals surface area contributed by atoms with Crippen molar-refractivity contribution >= 4 is 11.9 Å². The fourth-order valence-electron chi connectivity index (χ4n) is 2.54. The Morgan fingerprint density at radius 1 is 1.23 bits per heavy atom. The zero-order valence-electron chi connectivity index (χ0n) is 15.2. The zero-order valence-corrected chi connectivity index (χ0v) is 15.2. The molecule has 7 heteroatoms. The van der Waals surface area contributed by atoms with Crippen LogP contribution >= 0.6 is 0 Å². The lowest BCUT2D eigenvalue weighted by atomic mass is 9.99. The van der Waals surface area contributed by atoms with E-state index in [0.717, 1.165) is 11.3 Å². The van der Waals surface area contributed by atoms with Crippen molar-refractivity contribution in [3.8, 4) is 5.75 Å². The number of ether oxygens (including phenoxy) is 1. The van der Waals surface area contributed by atoms with Crippen LogP contribution in [0.1, 0.15) is 34.4 Å². The first-order chi connectivity index (χ1) is 12.4. The summed E-state index contributed by atoms with van der Waals surface area (Å²) >= 11 is 0. The number of carboxylic acid groups (broad SMARTS) is 1. The second-order valence-electron chi connectivity index (χ2n) is 5.94. The molecular formula is C19H23N3O4. The SMILES string of the molecule is CCOc1ccc(CC(CNC(=O)c2cnc(C)nc2C)C(=O)O)cc1. The number of carbonyl (C=O) groups is 2. The summed E-state index contributed by atoms with van der Waals surface area (Å²) in [5.74, 6) is -0.746. The molecule has 0 saturated carbocycles. The Kier molecular flexibility index (Phi) is 6.66. The minimum atomic E-state index is -0.962. The van der Waals surface area contributed by atoms with Crippen LogP contribution in [0.5, 0.6) is 5.75 Å². The fraction of sp³-hybridized carbons (Fsp3) is 0.368. The molecule has 0 radical (unpaired) electrons. The summed E-state index contributed by atoms with van der Waals surface area (Å²) in [4.78, 5) is 32.0. The average Bonchev–Trinajstić information content (AvgIpc) is 2.59. The van der Waals surface area contributed by atoms with E-state index in [9.17, 15) is 14.7 Å². The number of nitrogens with zero attached hydrogens (tertiary/aromatic N) is 2. The highest BCUT2D eigenvalue weighted by molar-refractivity contribution is 5.95. The Bertz CT molecular complexity index is 775. The van der Waals surface area contributed by atoms with Gasteiger partial charge < -0.3 is 15.2 Å². The number of rotatable bonds is 8. The third-order valence-corrected chi connectivity index (χ3v) is 3.92. The molecule has 2 rings (SSSR count). The van der Waals surface area contributed by atoms with Crippen molar-refractivity contribution in [2.45, 2.75) is 27.2 Å². The van der Waals surface area contributed by atoms with Crippen molar-refractivity contribution in [3.63, 3.8) is 0 Å². The Morgan fingerprint density at radius 3 is 2.50 bits per heavy atom. The second-order valence-corrected chi connectivity index (χ2v) is 5.94. The van der Waals surface area contributed by atoms with Crippen LogP contribution in [0.15, 0.2) is 30.5 Å². The molecule has 1 heterocycles. The van der Waals surface area contributed by atoms with Gasteiger partial charge in [-0.3, -0.25) is 9.59 Å².